The summed E-state index contributed by atoms with van der Waals surface area (Å²) in [6.45, 7) is 1.90. The number of halogens is 1. The lowest BCUT2D eigenvalue weighted by Gasteiger charge is -2.16. The molecule has 0 spiro atoms. The van der Waals surface area contributed by atoms with Gasteiger partial charge in [0.2, 0.25) is 0 Å². The Morgan fingerprint density at radius 1 is 1.25 bits per heavy atom. The molecule has 0 saturated heterocycles. The summed E-state index contributed by atoms with van der Waals surface area (Å²) in [6, 6.07) is 7.64. The van der Waals surface area contributed by atoms with E-state index >= 15 is 0 Å². The standard InChI is InChI=1S/C18H18FNO3S/c1-10-9-15(24-16(10)11-5-7-12(19)8-6-11)17(21)20-14-4-2-3-13(14)18(22)23/h5-9,13-14H,2-4H2,1H3,(H,20,21)(H,22,23)/t13-,14+/m0/s1. The average Bonchev–Trinajstić information content (AvgIpc) is 3.15. The fourth-order valence-corrected chi connectivity index (χ4v) is 4.23. The quantitative estimate of drug-likeness (QED) is 0.883. The number of rotatable bonds is 4. The van der Waals surface area contributed by atoms with Gasteiger partial charge in [-0.15, -0.1) is 11.3 Å². The normalized spacial score (nSPS) is 20.1. The highest BCUT2D eigenvalue weighted by atomic mass is 32.1. The van der Waals surface area contributed by atoms with Gasteiger partial charge in [-0.1, -0.05) is 18.6 Å². The summed E-state index contributed by atoms with van der Waals surface area (Å²) in [7, 11) is 0. The first-order chi connectivity index (χ1) is 11.5. The number of hydrogen-bond donors (Lipinski definition) is 2. The summed E-state index contributed by atoms with van der Waals surface area (Å²) < 4.78 is 13.1. The van der Waals surface area contributed by atoms with E-state index in [1.54, 1.807) is 18.2 Å². The van der Waals surface area contributed by atoms with E-state index in [1.807, 2.05) is 6.92 Å². The largest absolute Gasteiger partial charge is 0.481 e. The maximum Gasteiger partial charge on any atom is 0.308 e. The molecular formula is C18H18FNO3S. The number of amides is 1. The van der Waals surface area contributed by atoms with Crippen LogP contribution in [0, 0.1) is 18.7 Å². The average molecular weight is 347 g/mol. The second-order valence-corrected chi connectivity index (χ2v) is 7.14. The first-order valence-electron chi connectivity index (χ1n) is 7.85. The van der Waals surface area contributed by atoms with E-state index in [0.29, 0.717) is 17.7 Å². The molecule has 2 N–H and O–H groups in total. The second-order valence-electron chi connectivity index (χ2n) is 6.09. The Balaban J connectivity index is 1.78. The molecule has 24 heavy (non-hydrogen) atoms. The van der Waals surface area contributed by atoms with Crippen molar-refractivity contribution in [3.63, 3.8) is 0 Å². The molecule has 1 amide bonds. The number of aliphatic carboxylic acids is 1. The van der Waals surface area contributed by atoms with Crippen molar-refractivity contribution < 1.29 is 19.1 Å². The molecule has 1 aliphatic rings. The Morgan fingerprint density at radius 2 is 1.96 bits per heavy atom. The van der Waals surface area contributed by atoms with Crippen molar-refractivity contribution >= 4 is 23.2 Å². The fraction of sp³-hybridized carbons (Fsp3) is 0.333. The molecule has 4 nitrogen and oxygen atoms in total. The summed E-state index contributed by atoms with van der Waals surface area (Å²) in [5.41, 5.74) is 1.81. The Bertz CT molecular complexity index is 769. The van der Waals surface area contributed by atoms with Crippen molar-refractivity contribution in [3.05, 3.63) is 46.6 Å². The zero-order chi connectivity index (χ0) is 17.3. The van der Waals surface area contributed by atoms with Gasteiger partial charge in [-0.2, -0.15) is 0 Å². The van der Waals surface area contributed by atoms with Crippen LogP contribution in [-0.2, 0) is 4.79 Å². The number of benzene rings is 1. The topological polar surface area (TPSA) is 66.4 Å². The van der Waals surface area contributed by atoms with Gasteiger partial charge in [0, 0.05) is 10.9 Å². The third kappa shape index (κ3) is 3.33. The van der Waals surface area contributed by atoms with Gasteiger partial charge in [0.25, 0.3) is 5.91 Å². The van der Waals surface area contributed by atoms with Crippen LogP contribution in [0.2, 0.25) is 0 Å². The SMILES string of the molecule is Cc1cc(C(=O)N[C@@H]2CCC[C@@H]2C(=O)O)sc1-c1ccc(F)cc1. The summed E-state index contributed by atoms with van der Waals surface area (Å²) >= 11 is 1.34. The molecule has 3 rings (SSSR count). The van der Waals surface area contributed by atoms with E-state index in [2.05, 4.69) is 5.32 Å². The van der Waals surface area contributed by atoms with Crippen LogP contribution in [0.15, 0.2) is 30.3 Å². The van der Waals surface area contributed by atoms with Gasteiger partial charge in [-0.3, -0.25) is 9.59 Å². The highest BCUT2D eigenvalue weighted by Crippen LogP contribution is 2.33. The minimum Gasteiger partial charge on any atom is -0.481 e. The number of hydrogen-bond acceptors (Lipinski definition) is 3. The predicted octanol–water partition coefficient (Wildman–Crippen LogP) is 3.85. The van der Waals surface area contributed by atoms with Gasteiger partial charge in [0.1, 0.15) is 5.82 Å². The number of thiophene rings is 1. The minimum atomic E-state index is -0.854. The van der Waals surface area contributed by atoms with Gasteiger partial charge in [-0.05, 0) is 49.1 Å². The molecule has 6 heteroatoms. The molecule has 1 saturated carbocycles. The molecule has 1 fully saturated rings. The summed E-state index contributed by atoms with van der Waals surface area (Å²) in [5, 5.41) is 12.1. The summed E-state index contributed by atoms with van der Waals surface area (Å²) in [6.07, 6.45) is 2.11. The van der Waals surface area contributed by atoms with E-state index in [4.69, 9.17) is 0 Å². The third-order valence-corrected chi connectivity index (χ3v) is 5.68. The molecule has 1 aliphatic carbocycles. The lowest BCUT2D eigenvalue weighted by Crippen LogP contribution is -2.39. The van der Waals surface area contributed by atoms with Crippen LogP contribution in [0.5, 0.6) is 0 Å². The van der Waals surface area contributed by atoms with E-state index < -0.39 is 11.9 Å². The molecule has 1 aromatic heterocycles. The summed E-state index contributed by atoms with van der Waals surface area (Å²) in [5.74, 6) is -1.90. The van der Waals surface area contributed by atoms with E-state index in [9.17, 15) is 19.1 Å². The number of nitrogens with one attached hydrogen (secondary N) is 1. The highest BCUT2D eigenvalue weighted by molar-refractivity contribution is 7.17. The maximum atomic E-state index is 13.1. The van der Waals surface area contributed by atoms with E-state index in [1.165, 1.54) is 23.5 Å². The van der Waals surface area contributed by atoms with Gasteiger partial charge in [0.05, 0.1) is 10.8 Å². The van der Waals surface area contributed by atoms with Crippen LogP contribution < -0.4 is 5.32 Å². The number of carbonyl (C=O) groups is 2. The van der Waals surface area contributed by atoms with Crippen molar-refractivity contribution in [2.24, 2.45) is 5.92 Å². The molecule has 1 aromatic carbocycles. The van der Waals surface area contributed by atoms with Crippen molar-refractivity contribution in [1.29, 1.82) is 0 Å². The van der Waals surface area contributed by atoms with E-state index in [0.717, 1.165) is 22.4 Å². The monoisotopic (exact) mass is 347 g/mol. The second kappa shape index (κ2) is 6.73. The molecule has 126 valence electrons. The van der Waals surface area contributed by atoms with Gasteiger partial charge < -0.3 is 10.4 Å². The molecule has 2 atom stereocenters. The minimum absolute atomic E-state index is 0.241. The molecule has 2 aromatic rings. The number of aryl methyl sites for hydroxylation is 1. The molecule has 1 heterocycles. The third-order valence-electron chi connectivity index (χ3n) is 4.40. The van der Waals surface area contributed by atoms with Crippen molar-refractivity contribution in [1.82, 2.24) is 5.32 Å². The van der Waals surface area contributed by atoms with Gasteiger partial charge in [-0.25, -0.2) is 4.39 Å². The molecule has 0 unspecified atom stereocenters. The molecule has 0 aliphatic heterocycles. The lowest BCUT2D eigenvalue weighted by atomic mass is 10.0. The summed E-state index contributed by atoms with van der Waals surface area (Å²) in [4.78, 5) is 25.1. The van der Waals surface area contributed by atoms with Crippen LogP contribution in [0.25, 0.3) is 10.4 Å². The van der Waals surface area contributed by atoms with Crippen molar-refractivity contribution in [3.8, 4) is 10.4 Å². The Kier molecular flexibility index (Phi) is 4.66. The zero-order valence-electron chi connectivity index (χ0n) is 13.2. The Morgan fingerprint density at radius 3 is 2.62 bits per heavy atom. The smallest absolute Gasteiger partial charge is 0.308 e. The van der Waals surface area contributed by atoms with Crippen LogP contribution in [0.4, 0.5) is 4.39 Å². The van der Waals surface area contributed by atoms with Gasteiger partial charge in [0.15, 0.2) is 0 Å². The van der Waals surface area contributed by atoms with Crippen molar-refractivity contribution in [2.45, 2.75) is 32.2 Å². The molecule has 0 bridgehead atoms. The lowest BCUT2D eigenvalue weighted by molar-refractivity contribution is -0.142. The van der Waals surface area contributed by atoms with Crippen LogP contribution in [-0.4, -0.2) is 23.0 Å². The number of carbonyl (C=O) groups excluding carboxylic acids is 1. The molecule has 0 radical (unpaired) electrons. The molecular weight excluding hydrogens is 329 g/mol. The fourth-order valence-electron chi connectivity index (χ4n) is 3.15. The van der Waals surface area contributed by atoms with Gasteiger partial charge >= 0.3 is 5.97 Å². The zero-order valence-corrected chi connectivity index (χ0v) is 14.0. The maximum absolute atomic E-state index is 13.1. The van der Waals surface area contributed by atoms with Crippen LogP contribution in [0.3, 0.4) is 0 Å². The Labute approximate surface area is 143 Å². The van der Waals surface area contributed by atoms with E-state index in [-0.39, 0.29) is 17.8 Å². The predicted molar refractivity (Wildman–Crippen MR) is 90.7 cm³/mol. The number of carboxylic acid groups (broad SMARTS) is 1. The number of carboxylic acids is 1. The van der Waals surface area contributed by atoms with Crippen LogP contribution in [0.1, 0.15) is 34.5 Å². The van der Waals surface area contributed by atoms with Crippen molar-refractivity contribution in [2.75, 3.05) is 0 Å². The first-order valence-corrected chi connectivity index (χ1v) is 8.67. The van der Waals surface area contributed by atoms with Crippen LogP contribution >= 0.6 is 11.3 Å². The Hall–Kier alpha value is -2.21. The first kappa shape index (κ1) is 16.6. The highest BCUT2D eigenvalue weighted by Gasteiger charge is 2.34.